The molecular formula is C11H11N3O5S. The Morgan fingerprint density at radius 1 is 1.40 bits per heavy atom. The van der Waals surface area contributed by atoms with Crippen molar-refractivity contribution in [1.29, 1.82) is 0 Å². The van der Waals surface area contributed by atoms with E-state index in [1.165, 1.54) is 18.2 Å². The van der Waals surface area contributed by atoms with Crippen LogP contribution in [-0.4, -0.2) is 34.8 Å². The van der Waals surface area contributed by atoms with Crippen molar-refractivity contribution in [3.63, 3.8) is 0 Å². The third-order valence-electron chi connectivity index (χ3n) is 2.56. The lowest BCUT2D eigenvalue weighted by molar-refractivity contribution is 0.0692. The summed E-state index contributed by atoms with van der Waals surface area (Å²) in [5.74, 6) is -1.40. The number of aromatic hydroxyl groups is 1. The lowest BCUT2D eigenvalue weighted by Gasteiger charge is -2.10. The molecule has 8 nitrogen and oxygen atoms in total. The maximum Gasteiger partial charge on any atom is 0.340 e. The van der Waals surface area contributed by atoms with E-state index in [9.17, 15) is 18.3 Å². The Morgan fingerprint density at radius 2 is 2.10 bits per heavy atom. The standard InChI is InChI=1S/C11H11N3O5S/c1-6-4-7(15)2-3-9(6)14-20(18,19)10-8(11(16)17)5-12-13-10/h2-5,14-15H,1H3,(H,12,13)(H,16,17). The monoisotopic (exact) mass is 297 g/mol. The molecule has 106 valence electrons. The quantitative estimate of drug-likeness (QED) is 0.620. The van der Waals surface area contributed by atoms with Gasteiger partial charge in [-0.2, -0.15) is 13.5 Å². The highest BCUT2D eigenvalue weighted by Crippen LogP contribution is 2.23. The molecule has 2 rings (SSSR count). The second-order valence-electron chi connectivity index (χ2n) is 4.02. The predicted molar refractivity (Wildman–Crippen MR) is 69.2 cm³/mol. The van der Waals surface area contributed by atoms with Crippen LogP contribution in [0.3, 0.4) is 0 Å². The number of phenols is 1. The first-order valence-electron chi connectivity index (χ1n) is 5.40. The minimum atomic E-state index is -4.11. The molecule has 2 aromatic rings. The number of aromatic nitrogens is 2. The minimum Gasteiger partial charge on any atom is -0.508 e. The van der Waals surface area contributed by atoms with E-state index in [4.69, 9.17) is 5.11 Å². The fourth-order valence-corrected chi connectivity index (χ4v) is 2.81. The van der Waals surface area contributed by atoms with E-state index in [1.54, 1.807) is 6.92 Å². The molecule has 0 radical (unpaired) electrons. The van der Waals surface area contributed by atoms with Gasteiger partial charge < -0.3 is 10.2 Å². The summed E-state index contributed by atoms with van der Waals surface area (Å²) in [5, 5.41) is 23.2. The second-order valence-corrected chi connectivity index (χ2v) is 5.64. The molecule has 9 heteroatoms. The minimum absolute atomic E-state index is 0.00165. The van der Waals surface area contributed by atoms with Gasteiger partial charge >= 0.3 is 5.97 Å². The summed E-state index contributed by atoms with van der Waals surface area (Å²) in [7, 11) is -4.11. The molecule has 0 atom stereocenters. The normalized spacial score (nSPS) is 11.2. The van der Waals surface area contributed by atoms with Crippen molar-refractivity contribution >= 4 is 21.7 Å². The van der Waals surface area contributed by atoms with Gasteiger partial charge in [-0.05, 0) is 30.7 Å². The molecule has 0 bridgehead atoms. The van der Waals surface area contributed by atoms with E-state index in [0.29, 0.717) is 5.56 Å². The molecule has 1 aromatic heterocycles. The highest BCUT2D eigenvalue weighted by atomic mass is 32.2. The summed E-state index contributed by atoms with van der Waals surface area (Å²) in [6.07, 6.45) is 0.917. The van der Waals surface area contributed by atoms with Gasteiger partial charge in [-0.3, -0.25) is 9.82 Å². The van der Waals surface area contributed by atoms with E-state index < -0.39 is 26.6 Å². The molecule has 20 heavy (non-hydrogen) atoms. The van der Waals surface area contributed by atoms with Gasteiger partial charge in [-0.15, -0.1) is 0 Å². The first-order valence-corrected chi connectivity index (χ1v) is 6.88. The van der Waals surface area contributed by atoms with Crippen LogP contribution in [0.15, 0.2) is 29.4 Å². The molecular weight excluding hydrogens is 286 g/mol. The Bertz CT molecular complexity index is 766. The Kier molecular flexibility index (Phi) is 3.36. The number of hydrogen-bond acceptors (Lipinski definition) is 5. The van der Waals surface area contributed by atoms with E-state index >= 15 is 0 Å². The number of carboxylic acid groups (broad SMARTS) is 1. The Labute approximate surface area is 114 Å². The Morgan fingerprint density at radius 3 is 2.70 bits per heavy atom. The number of carboxylic acids is 1. The zero-order valence-electron chi connectivity index (χ0n) is 10.3. The molecule has 0 aliphatic rings. The molecule has 0 saturated heterocycles. The number of sulfonamides is 1. The fourth-order valence-electron chi connectivity index (χ4n) is 1.59. The molecule has 0 spiro atoms. The van der Waals surface area contributed by atoms with Crippen LogP contribution < -0.4 is 4.72 Å². The van der Waals surface area contributed by atoms with Crippen LogP contribution in [0.2, 0.25) is 0 Å². The first kappa shape index (κ1) is 13.9. The number of carbonyl (C=O) groups is 1. The van der Waals surface area contributed by atoms with Crippen molar-refractivity contribution in [3.8, 4) is 5.75 Å². The summed E-state index contributed by atoms with van der Waals surface area (Å²) in [6, 6.07) is 4.07. The number of anilines is 1. The van der Waals surface area contributed by atoms with E-state index in [-0.39, 0.29) is 11.4 Å². The SMILES string of the molecule is Cc1cc(O)ccc1NS(=O)(=O)c1[nH]ncc1C(=O)O. The number of H-pyrrole nitrogens is 1. The molecule has 1 heterocycles. The third kappa shape index (κ3) is 2.57. The second kappa shape index (κ2) is 4.85. The van der Waals surface area contributed by atoms with Crippen molar-refractivity contribution in [2.45, 2.75) is 11.9 Å². The van der Waals surface area contributed by atoms with Crippen LogP contribution in [0.25, 0.3) is 0 Å². The van der Waals surface area contributed by atoms with Crippen LogP contribution in [0.4, 0.5) is 5.69 Å². The number of rotatable bonds is 4. The molecule has 0 aliphatic carbocycles. The van der Waals surface area contributed by atoms with Crippen molar-refractivity contribution in [2.24, 2.45) is 0 Å². The Hall–Kier alpha value is -2.55. The van der Waals surface area contributed by atoms with E-state index in [0.717, 1.165) is 6.20 Å². The van der Waals surface area contributed by atoms with Gasteiger partial charge in [-0.25, -0.2) is 4.79 Å². The van der Waals surface area contributed by atoms with Crippen molar-refractivity contribution in [2.75, 3.05) is 4.72 Å². The molecule has 4 N–H and O–H groups in total. The summed E-state index contributed by atoms with van der Waals surface area (Å²) < 4.78 is 26.5. The number of nitrogens with zero attached hydrogens (tertiary/aromatic N) is 1. The summed E-state index contributed by atoms with van der Waals surface area (Å²) in [6.45, 7) is 1.60. The van der Waals surface area contributed by atoms with Gasteiger partial charge in [-0.1, -0.05) is 0 Å². The van der Waals surface area contributed by atoms with Gasteiger partial charge in [0.2, 0.25) is 0 Å². The molecule has 1 aromatic carbocycles. The number of hydrogen-bond donors (Lipinski definition) is 4. The lowest BCUT2D eigenvalue weighted by Crippen LogP contribution is -2.17. The van der Waals surface area contributed by atoms with Crippen LogP contribution in [0, 0.1) is 6.92 Å². The number of nitrogens with one attached hydrogen (secondary N) is 2. The van der Waals surface area contributed by atoms with Crippen molar-refractivity contribution in [3.05, 3.63) is 35.5 Å². The largest absolute Gasteiger partial charge is 0.508 e. The smallest absolute Gasteiger partial charge is 0.340 e. The number of aryl methyl sites for hydroxylation is 1. The highest BCUT2D eigenvalue weighted by Gasteiger charge is 2.25. The fraction of sp³-hybridized carbons (Fsp3) is 0.0909. The number of aromatic amines is 1. The molecule has 0 amide bonds. The van der Waals surface area contributed by atoms with Crippen molar-refractivity contribution < 1.29 is 23.4 Å². The topological polar surface area (TPSA) is 132 Å². The van der Waals surface area contributed by atoms with Gasteiger partial charge in [0.25, 0.3) is 10.0 Å². The lowest BCUT2D eigenvalue weighted by atomic mass is 10.2. The van der Waals surface area contributed by atoms with Crippen LogP contribution in [-0.2, 0) is 10.0 Å². The predicted octanol–water partition coefficient (Wildman–Crippen LogP) is 0.923. The third-order valence-corrected chi connectivity index (χ3v) is 3.90. The van der Waals surface area contributed by atoms with Crippen LogP contribution in [0.1, 0.15) is 15.9 Å². The van der Waals surface area contributed by atoms with Gasteiger partial charge in [0.15, 0.2) is 5.03 Å². The van der Waals surface area contributed by atoms with Crippen LogP contribution in [0.5, 0.6) is 5.75 Å². The van der Waals surface area contributed by atoms with Crippen LogP contribution >= 0.6 is 0 Å². The van der Waals surface area contributed by atoms with E-state index in [2.05, 4.69) is 14.9 Å². The molecule has 0 aliphatic heterocycles. The average molecular weight is 297 g/mol. The first-order chi connectivity index (χ1) is 9.31. The van der Waals surface area contributed by atoms with E-state index in [1.807, 2.05) is 0 Å². The summed E-state index contributed by atoms with van der Waals surface area (Å²) >= 11 is 0. The Balaban J connectivity index is 2.41. The van der Waals surface area contributed by atoms with Gasteiger partial charge in [0.05, 0.1) is 11.9 Å². The molecule has 0 fully saturated rings. The maximum atomic E-state index is 12.1. The number of aromatic carboxylic acids is 1. The number of phenolic OH excluding ortho intramolecular Hbond substituents is 1. The van der Waals surface area contributed by atoms with Gasteiger partial charge in [0, 0.05) is 0 Å². The summed E-state index contributed by atoms with van der Waals surface area (Å²) in [4.78, 5) is 10.9. The average Bonchev–Trinajstić information content (AvgIpc) is 2.82. The number of benzene rings is 1. The highest BCUT2D eigenvalue weighted by molar-refractivity contribution is 7.92. The zero-order chi connectivity index (χ0) is 14.9. The van der Waals surface area contributed by atoms with Gasteiger partial charge in [0.1, 0.15) is 11.3 Å². The zero-order valence-corrected chi connectivity index (χ0v) is 11.1. The molecule has 0 unspecified atom stereocenters. The summed E-state index contributed by atoms with van der Waals surface area (Å²) in [5.41, 5.74) is 0.271. The molecule has 0 saturated carbocycles. The maximum absolute atomic E-state index is 12.1. The van der Waals surface area contributed by atoms with Crippen molar-refractivity contribution in [1.82, 2.24) is 10.2 Å².